The summed E-state index contributed by atoms with van der Waals surface area (Å²) in [5, 5.41) is 0. The number of aromatic amines is 1. The quantitative estimate of drug-likeness (QED) is 0.530. The molecule has 0 radical (unpaired) electrons. The zero-order valence-electron chi connectivity index (χ0n) is 20.9. The zero-order valence-corrected chi connectivity index (χ0v) is 20.9. The predicted octanol–water partition coefficient (Wildman–Crippen LogP) is 5.16. The number of imidazole rings is 1. The summed E-state index contributed by atoms with van der Waals surface area (Å²) in [6, 6.07) is 19.2. The summed E-state index contributed by atoms with van der Waals surface area (Å²) in [4.78, 5) is 21.0. The van der Waals surface area contributed by atoms with Crippen molar-refractivity contribution in [3.05, 3.63) is 107 Å². The molecule has 2 fully saturated rings. The van der Waals surface area contributed by atoms with E-state index in [0.29, 0.717) is 11.8 Å². The molecule has 3 heterocycles. The number of aromatic nitrogens is 2. The molecule has 2 atom stereocenters. The zero-order chi connectivity index (χ0) is 24.3. The average Bonchev–Trinajstić information content (AvgIpc) is 3.32. The molecular weight excluding hydrogens is 444 g/mol. The molecule has 0 bridgehead atoms. The molecule has 0 amide bonds. The van der Waals surface area contributed by atoms with Gasteiger partial charge in [-0.3, -0.25) is 9.47 Å². The summed E-state index contributed by atoms with van der Waals surface area (Å²) < 4.78 is 2.00. The maximum absolute atomic E-state index is 12.7. The number of nitrogens with one attached hydrogen (secondary N) is 1. The first-order chi connectivity index (χ1) is 17.7. The Hall–Kier alpha value is -3.15. The van der Waals surface area contributed by atoms with Gasteiger partial charge < -0.3 is 9.88 Å². The Kier molecular flexibility index (Phi) is 6.75. The van der Waals surface area contributed by atoms with Crippen molar-refractivity contribution in [3.8, 4) is 0 Å². The first-order valence-electron chi connectivity index (χ1n) is 13.5. The molecule has 6 rings (SSSR count). The monoisotopic (exact) mass is 480 g/mol. The fraction of sp³-hybridized carbons (Fsp3) is 0.387. The summed E-state index contributed by atoms with van der Waals surface area (Å²) in [6.45, 7) is 6.49. The van der Waals surface area contributed by atoms with E-state index in [2.05, 4.69) is 81.6 Å². The molecule has 3 aliphatic rings. The van der Waals surface area contributed by atoms with Crippen LogP contribution in [0.4, 0.5) is 0 Å². The van der Waals surface area contributed by atoms with Gasteiger partial charge in [-0.15, -0.1) is 0 Å². The molecule has 2 aromatic carbocycles. The third kappa shape index (κ3) is 4.91. The van der Waals surface area contributed by atoms with Crippen LogP contribution in [0.15, 0.2) is 95.3 Å². The van der Waals surface area contributed by atoms with Gasteiger partial charge in [0, 0.05) is 51.2 Å². The molecule has 2 aliphatic heterocycles. The number of allylic oxidation sites excluding steroid dienone is 5. The van der Waals surface area contributed by atoms with Gasteiger partial charge in [-0.05, 0) is 48.4 Å². The molecule has 36 heavy (non-hydrogen) atoms. The van der Waals surface area contributed by atoms with Gasteiger partial charge in [0.1, 0.15) is 0 Å². The number of para-hydroxylation sites is 2. The van der Waals surface area contributed by atoms with E-state index in [4.69, 9.17) is 0 Å². The van der Waals surface area contributed by atoms with E-state index in [-0.39, 0.29) is 11.7 Å². The first kappa shape index (κ1) is 23.3. The molecule has 0 unspecified atom stereocenters. The Balaban J connectivity index is 1.14. The highest BCUT2D eigenvalue weighted by Crippen LogP contribution is 2.34. The molecule has 5 nitrogen and oxygen atoms in total. The van der Waals surface area contributed by atoms with Crippen molar-refractivity contribution in [2.45, 2.75) is 31.8 Å². The third-order valence-electron chi connectivity index (χ3n) is 8.24. The van der Waals surface area contributed by atoms with E-state index in [1.54, 1.807) is 0 Å². The fourth-order valence-corrected chi connectivity index (χ4v) is 6.47. The number of hydrogen-bond donors (Lipinski definition) is 1. The van der Waals surface area contributed by atoms with Crippen molar-refractivity contribution >= 4 is 11.0 Å². The summed E-state index contributed by atoms with van der Waals surface area (Å²) >= 11 is 0. The lowest BCUT2D eigenvalue weighted by molar-refractivity contribution is 0.156. The van der Waals surface area contributed by atoms with Crippen LogP contribution in [0, 0.1) is 11.8 Å². The van der Waals surface area contributed by atoms with Crippen LogP contribution >= 0.6 is 0 Å². The summed E-state index contributed by atoms with van der Waals surface area (Å²) in [7, 11) is 0. The van der Waals surface area contributed by atoms with Crippen molar-refractivity contribution in [2.75, 3.05) is 32.7 Å². The Bertz CT molecular complexity index is 1320. The number of rotatable bonds is 6. The van der Waals surface area contributed by atoms with E-state index in [1.165, 1.54) is 11.1 Å². The van der Waals surface area contributed by atoms with Gasteiger partial charge in [0.25, 0.3) is 0 Å². The third-order valence-corrected chi connectivity index (χ3v) is 8.24. The van der Waals surface area contributed by atoms with Crippen molar-refractivity contribution in [3.63, 3.8) is 0 Å². The van der Waals surface area contributed by atoms with Crippen LogP contribution in [0.5, 0.6) is 0 Å². The molecule has 2 saturated heterocycles. The van der Waals surface area contributed by atoms with E-state index in [0.717, 1.165) is 69.6 Å². The largest absolute Gasteiger partial charge is 0.326 e. The molecule has 1 N–H and O–H groups in total. The van der Waals surface area contributed by atoms with Crippen molar-refractivity contribution in [1.29, 1.82) is 0 Å². The topological polar surface area (TPSA) is 44.3 Å². The van der Waals surface area contributed by atoms with Gasteiger partial charge in [0.05, 0.1) is 11.0 Å². The van der Waals surface area contributed by atoms with Crippen LogP contribution in [0.1, 0.15) is 30.9 Å². The minimum absolute atomic E-state index is 0.0298. The minimum Gasteiger partial charge on any atom is -0.306 e. The lowest BCUT2D eigenvalue weighted by Crippen LogP contribution is -2.41. The molecule has 5 heteroatoms. The lowest BCUT2D eigenvalue weighted by Gasteiger charge is -2.35. The van der Waals surface area contributed by atoms with E-state index < -0.39 is 0 Å². The summed E-state index contributed by atoms with van der Waals surface area (Å²) in [6.07, 6.45) is 14.5. The van der Waals surface area contributed by atoms with Crippen LogP contribution in [0.25, 0.3) is 11.0 Å². The number of benzene rings is 2. The Morgan fingerprint density at radius 1 is 0.889 bits per heavy atom. The SMILES string of the molecule is O=c1[nH]c2ccccc2n1C1CCN(C[C@H]2CN(Cc3ccccc3)C[C@@H]2C2=CC=CCC=C2)CC1. The van der Waals surface area contributed by atoms with E-state index in [1.807, 2.05) is 22.8 Å². The smallest absolute Gasteiger partial charge is 0.306 e. The highest BCUT2D eigenvalue weighted by atomic mass is 16.1. The normalized spacial score (nSPS) is 23.8. The van der Waals surface area contributed by atoms with Gasteiger partial charge in [0.15, 0.2) is 0 Å². The summed E-state index contributed by atoms with van der Waals surface area (Å²) in [5.74, 6) is 1.17. The van der Waals surface area contributed by atoms with Crippen LogP contribution in [0.2, 0.25) is 0 Å². The molecule has 1 aliphatic carbocycles. The standard InChI is InChI=1S/C31H36N4O/c36-31-32-29-14-8-9-15-30(29)35(31)27-16-18-33(19-17-27)21-26-22-34(20-24-10-4-3-5-11-24)23-28(26)25-12-6-1-2-7-13-25/h1,3-15,26-28H,2,16-23H2,(H,32,36)/t26-,28+/m0/s1. The second kappa shape index (κ2) is 10.5. The van der Waals surface area contributed by atoms with E-state index in [9.17, 15) is 4.79 Å². The van der Waals surface area contributed by atoms with Crippen LogP contribution in [0.3, 0.4) is 0 Å². The van der Waals surface area contributed by atoms with Gasteiger partial charge in [-0.25, -0.2) is 4.79 Å². The van der Waals surface area contributed by atoms with Gasteiger partial charge in [0.2, 0.25) is 0 Å². The van der Waals surface area contributed by atoms with Gasteiger partial charge >= 0.3 is 5.69 Å². The molecule has 186 valence electrons. The van der Waals surface area contributed by atoms with Crippen LogP contribution in [-0.2, 0) is 6.54 Å². The Morgan fingerprint density at radius 3 is 2.56 bits per heavy atom. The number of nitrogens with zero attached hydrogens (tertiary/aromatic N) is 3. The van der Waals surface area contributed by atoms with Gasteiger partial charge in [-0.2, -0.15) is 0 Å². The van der Waals surface area contributed by atoms with E-state index >= 15 is 0 Å². The highest BCUT2D eigenvalue weighted by molar-refractivity contribution is 5.75. The van der Waals surface area contributed by atoms with Gasteiger partial charge in [-0.1, -0.05) is 72.8 Å². The van der Waals surface area contributed by atoms with Crippen LogP contribution in [-0.4, -0.2) is 52.1 Å². The number of hydrogen-bond acceptors (Lipinski definition) is 3. The molecule has 0 saturated carbocycles. The molecule has 0 spiro atoms. The predicted molar refractivity (Wildman–Crippen MR) is 147 cm³/mol. The minimum atomic E-state index is 0.0298. The molecule has 3 aromatic rings. The second-order valence-corrected chi connectivity index (χ2v) is 10.6. The number of piperidine rings is 1. The summed E-state index contributed by atoms with van der Waals surface area (Å²) in [5.41, 5.74) is 4.88. The van der Waals surface area contributed by atoms with Crippen molar-refractivity contribution in [2.24, 2.45) is 11.8 Å². The maximum atomic E-state index is 12.7. The Labute approximate surface area is 213 Å². The Morgan fingerprint density at radius 2 is 1.69 bits per heavy atom. The number of fused-ring (bicyclic) bond motifs is 1. The first-order valence-corrected chi connectivity index (χ1v) is 13.5. The van der Waals surface area contributed by atoms with Crippen LogP contribution < -0.4 is 5.69 Å². The molecule has 1 aromatic heterocycles. The highest BCUT2D eigenvalue weighted by Gasteiger charge is 2.36. The molecular formula is C31H36N4O. The lowest BCUT2D eigenvalue weighted by atomic mass is 9.87. The number of H-pyrrole nitrogens is 1. The number of likely N-dealkylation sites (tertiary alicyclic amines) is 2. The average molecular weight is 481 g/mol. The van der Waals surface area contributed by atoms with Crippen molar-refractivity contribution in [1.82, 2.24) is 19.4 Å². The van der Waals surface area contributed by atoms with Crippen molar-refractivity contribution < 1.29 is 0 Å². The maximum Gasteiger partial charge on any atom is 0.326 e. The second-order valence-electron chi connectivity index (χ2n) is 10.6. The fourth-order valence-electron chi connectivity index (χ4n) is 6.47.